The highest BCUT2D eigenvalue weighted by atomic mass is 19.4. The summed E-state index contributed by atoms with van der Waals surface area (Å²) in [6.45, 7) is -0.569. The highest BCUT2D eigenvalue weighted by Gasteiger charge is 2.52. The van der Waals surface area contributed by atoms with Crippen molar-refractivity contribution in [3.8, 4) is 0 Å². The van der Waals surface area contributed by atoms with Crippen LogP contribution < -0.4 is 4.76 Å². The number of hydrogen-bond acceptors (Lipinski definition) is 6. The van der Waals surface area contributed by atoms with Crippen LogP contribution in [0.15, 0.2) is 41.5 Å². The van der Waals surface area contributed by atoms with Gasteiger partial charge in [0.05, 0.1) is 5.56 Å². The summed E-state index contributed by atoms with van der Waals surface area (Å²) >= 11 is 0. The van der Waals surface area contributed by atoms with Crippen molar-refractivity contribution in [2.45, 2.75) is 44.4 Å². The van der Waals surface area contributed by atoms with Crippen LogP contribution in [0.25, 0.3) is 0 Å². The van der Waals surface area contributed by atoms with Crippen LogP contribution in [-0.2, 0) is 21.0 Å². The molecule has 2 aromatic rings. The number of halogens is 5. The molecule has 41 heavy (non-hydrogen) atoms. The molecule has 0 radical (unpaired) electrons. The zero-order valence-corrected chi connectivity index (χ0v) is 21.5. The second-order valence-electron chi connectivity index (χ2n) is 10.0. The Kier molecular flexibility index (Phi) is 7.36. The average Bonchev–Trinajstić information content (AvgIpc) is 3.46. The number of carbonyl (C=O) groups is 4. The van der Waals surface area contributed by atoms with Gasteiger partial charge in [0.2, 0.25) is 17.4 Å². The molecule has 0 N–H and O–H groups in total. The van der Waals surface area contributed by atoms with Gasteiger partial charge in [0, 0.05) is 35.5 Å². The Balaban J connectivity index is 1.46. The van der Waals surface area contributed by atoms with E-state index in [1.165, 1.54) is 4.90 Å². The molecule has 2 amide bonds. The molecule has 1 unspecified atom stereocenters. The van der Waals surface area contributed by atoms with Crippen LogP contribution in [0.4, 0.5) is 27.6 Å². The third kappa shape index (κ3) is 5.43. The van der Waals surface area contributed by atoms with Crippen LogP contribution in [-0.4, -0.2) is 71.4 Å². The predicted octanol–water partition coefficient (Wildman–Crippen LogP) is 3.90. The molecule has 2 fully saturated rings. The SMILES string of the molecule is O=C1C=N[N+](Cc2ccc(F)c(C(=O)N3CCN(C4CCCC4)C(=O)C3)c2)(OC(=O)C(F)(F)F)c2cccc(F)c21. The molecular formula is C27H24F5N4O5+. The van der Waals surface area contributed by atoms with E-state index < -0.39 is 63.6 Å². The summed E-state index contributed by atoms with van der Waals surface area (Å²) in [5.74, 6) is -6.75. The van der Waals surface area contributed by atoms with Crippen molar-refractivity contribution in [2.75, 3.05) is 19.6 Å². The van der Waals surface area contributed by atoms with Crippen molar-refractivity contribution < 1.29 is 46.0 Å². The minimum Gasteiger partial charge on any atom is -0.336 e. The van der Waals surface area contributed by atoms with Gasteiger partial charge in [-0.3, -0.25) is 14.4 Å². The molecule has 14 heteroatoms. The second kappa shape index (κ2) is 10.7. The summed E-state index contributed by atoms with van der Waals surface area (Å²) < 4.78 is 67.5. The quantitative estimate of drug-likeness (QED) is 0.396. The lowest BCUT2D eigenvalue weighted by Gasteiger charge is -2.38. The fourth-order valence-electron chi connectivity index (χ4n) is 5.45. The lowest BCUT2D eigenvalue weighted by molar-refractivity contribution is -0.237. The van der Waals surface area contributed by atoms with E-state index >= 15 is 0 Å². The van der Waals surface area contributed by atoms with E-state index in [1.807, 2.05) is 0 Å². The Labute approximate surface area is 230 Å². The minimum absolute atomic E-state index is 0.0256. The van der Waals surface area contributed by atoms with Gasteiger partial charge in [-0.15, -0.1) is 0 Å². The topological polar surface area (TPSA) is 96.4 Å². The number of hydroxylamine groups is 1. The number of nitrogens with zero attached hydrogens (tertiary/aromatic N) is 4. The Hall–Kier alpha value is -4.20. The molecule has 1 aliphatic carbocycles. The predicted molar refractivity (Wildman–Crippen MR) is 133 cm³/mol. The Morgan fingerprint density at radius 3 is 2.44 bits per heavy atom. The highest BCUT2D eigenvalue weighted by molar-refractivity contribution is 6.37. The van der Waals surface area contributed by atoms with Gasteiger partial charge >= 0.3 is 12.1 Å². The maximum atomic E-state index is 14.9. The van der Waals surface area contributed by atoms with Gasteiger partial charge in [0.25, 0.3) is 5.91 Å². The molecule has 2 heterocycles. The number of piperazine rings is 1. The normalized spacial score (nSPS) is 21.3. The molecular weight excluding hydrogens is 555 g/mol. The number of benzene rings is 2. The first-order valence-corrected chi connectivity index (χ1v) is 12.8. The number of amides is 2. The zero-order valence-electron chi connectivity index (χ0n) is 21.5. The van der Waals surface area contributed by atoms with Crippen molar-refractivity contribution >= 4 is 35.5 Å². The van der Waals surface area contributed by atoms with E-state index in [1.54, 1.807) is 4.90 Å². The summed E-state index contributed by atoms with van der Waals surface area (Å²) in [7, 11) is 0. The smallest absolute Gasteiger partial charge is 0.336 e. The summed E-state index contributed by atoms with van der Waals surface area (Å²) in [6.07, 6.45) is -1.13. The van der Waals surface area contributed by atoms with Gasteiger partial charge in [-0.1, -0.05) is 25.0 Å². The number of carbonyl (C=O) groups excluding carboxylic acids is 4. The van der Waals surface area contributed by atoms with Gasteiger partial charge in [-0.25, -0.2) is 18.4 Å². The second-order valence-corrected chi connectivity index (χ2v) is 10.0. The first kappa shape index (κ1) is 28.3. The molecule has 3 aliphatic rings. The van der Waals surface area contributed by atoms with Gasteiger partial charge in [-0.05, 0) is 36.1 Å². The molecule has 2 aliphatic heterocycles. The molecule has 1 saturated heterocycles. The molecule has 0 aromatic heterocycles. The highest BCUT2D eigenvalue weighted by Crippen LogP contribution is 2.37. The number of quaternary nitrogens is 1. The largest absolute Gasteiger partial charge is 0.497 e. The summed E-state index contributed by atoms with van der Waals surface area (Å²) in [5.41, 5.74) is -1.65. The molecule has 9 nitrogen and oxygen atoms in total. The molecule has 0 bridgehead atoms. The molecule has 1 atom stereocenters. The van der Waals surface area contributed by atoms with E-state index in [2.05, 4.69) is 5.10 Å². The third-order valence-electron chi connectivity index (χ3n) is 7.41. The number of rotatable bonds is 5. The van der Waals surface area contributed by atoms with Crippen LogP contribution in [0.2, 0.25) is 0 Å². The molecule has 5 rings (SSSR count). The first-order valence-electron chi connectivity index (χ1n) is 12.8. The van der Waals surface area contributed by atoms with E-state index in [9.17, 15) is 41.1 Å². The van der Waals surface area contributed by atoms with Crippen molar-refractivity contribution in [1.29, 1.82) is 0 Å². The maximum absolute atomic E-state index is 14.9. The van der Waals surface area contributed by atoms with Gasteiger partial charge in [0.15, 0.2) is 6.54 Å². The van der Waals surface area contributed by atoms with Crippen LogP contribution >= 0.6 is 0 Å². The average molecular weight is 580 g/mol. The van der Waals surface area contributed by atoms with Crippen LogP contribution in [0.1, 0.15) is 52.0 Å². The Bertz CT molecular complexity index is 1460. The zero-order chi connectivity index (χ0) is 29.5. The van der Waals surface area contributed by atoms with Gasteiger partial charge < -0.3 is 9.80 Å². The molecule has 1 saturated carbocycles. The number of alkyl halides is 3. The summed E-state index contributed by atoms with van der Waals surface area (Å²) in [6, 6.07) is 6.24. The van der Waals surface area contributed by atoms with Crippen LogP contribution in [0.3, 0.4) is 0 Å². The van der Waals surface area contributed by atoms with E-state index in [-0.39, 0.29) is 37.1 Å². The van der Waals surface area contributed by atoms with Crippen molar-refractivity contribution in [3.63, 3.8) is 0 Å². The standard InChI is InChI=1S/C27H24F5N4O5/c28-19-9-8-16(12-18(19)25(39)34-10-11-35(23(38)14-34)17-4-1-2-5-17)15-36(41-26(40)27(30,31)32)21-7-3-6-20(29)24(21)22(37)13-33-36/h3,6-9,12-13,17H,1-2,4-5,10-11,14-15H2/q+1. The minimum atomic E-state index is -5.47. The first-order chi connectivity index (χ1) is 19.4. The lowest BCUT2D eigenvalue weighted by atomic mass is 10.0. The van der Waals surface area contributed by atoms with Gasteiger partial charge in [-0.2, -0.15) is 13.2 Å². The van der Waals surface area contributed by atoms with E-state index in [0.29, 0.717) is 6.21 Å². The molecule has 216 valence electrons. The maximum Gasteiger partial charge on any atom is 0.497 e. The van der Waals surface area contributed by atoms with E-state index in [0.717, 1.165) is 62.1 Å². The third-order valence-corrected chi connectivity index (χ3v) is 7.41. The Morgan fingerprint density at radius 1 is 1.02 bits per heavy atom. The number of Topliss-reactive ketones (excluding diaryl/α,β-unsaturated/α-hetero) is 1. The fourth-order valence-corrected chi connectivity index (χ4v) is 5.45. The monoisotopic (exact) mass is 579 g/mol. The van der Waals surface area contributed by atoms with E-state index in [4.69, 9.17) is 4.84 Å². The fraction of sp³-hybridized carbons (Fsp3) is 0.370. The van der Waals surface area contributed by atoms with Crippen LogP contribution in [0.5, 0.6) is 0 Å². The summed E-state index contributed by atoms with van der Waals surface area (Å²) in [5, 5.41) is 3.73. The Morgan fingerprint density at radius 2 is 1.76 bits per heavy atom. The van der Waals surface area contributed by atoms with Crippen molar-refractivity contribution in [1.82, 2.24) is 14.6 Å². The van der Waals surface area contributed by atoms with Crippen molar-refractivity contribution in [3.05, 3.63) is 64.7 Å². The van der Waals surface area contributed by atoms with Gasteiger partial charge in [0.1, 0.15) is 30.0 Å². The molecule has 0 spiro atoms. The van der Waals surface area contributed by atoms with Crippen molar-refractivity contribution in [2.24, 2.45) is 5.10 Å². The summed E-state index contributed by atoms with van der Waals surface area (Å²) in [4.78, 5) is 57.9. The number of ketones is 1. The number of hydrogen-bond donors (Lipinski definition) is 0. The van der Waals surface area contributed by atoms with Crippen LogP contribution in [0, 0.1) is 11.6 Å². The lowest BCUT2D eigenvalue weighted by Crippen LogP contribution is -2.55. The number of fused-ring (bicyclic) bond motifs is 1. The molecule has 2 aromatic carbocycles.